The number of benzene rings is 1. The van der Waals surface area contributed by atoms with Crippen molar-refractivity contribution in [3.63, 3.8) is 0 Å². The van der Waals surface area contributed by atoms with E-state index in [0.717, 1.165) is 48.1 Å². The van der Waals surface area contributed by atoms with Crippen molar-refractivity contribution >= 4 is 11.7 Å². The van der Waals surface area contributed by atoms with Crippen LogP contribution >= 0.6 is 0 Å². The number of hydrogen-bond donors (Lipinski definition) is 1. The fraction of sp³-hybridized carbons (Fsp3) is 0.182. The van der Waals surface area contributed by atoms with Crippen molar-refractivity contribution in [1.82, 2.24) is 9.97 Å². The maximum absolute atomic E-state index is 12.6. The number of nitrogens with one attached hydrogen (secondary N) is 1. The molecule has 27 heavy (non-hydrogen) atoms. The molecule has 0 spiro atoms. The molecule has 4 rings (SSSR count). The minimum atomic E-state index is -0.366. The first kappa shape index (κ1) is 16.9. The average Bonchev–Trinajstić information content (AvgIpc) is 2.74. The van der Waals surface area contributed by atoms with E-state index in [1.54, 1.807) is 24.4 Å². The second-order valence-electron chi connectivity index (χ2n) is 6.49. The van der Waals surface area contributed by atoms with Crippen LogP contribution in [0, 0.1) is 11.3 Å². The van der Waals surface area contributed by atoms with Gasteiger partial charge in [0, 0.05) is 17.5 Å². The van der Waals surface area contributed by atoms with Crippen molar-refractivity contribution in [2.24, 2.45) is 0 Å². The molecule has 3 aromatic rings. The molecule has 132 valence electrons. The first-order valence-corrected chi connectivity index (χ1v) is 9.01. The lowest BCUT2D eigenvalue weighted by Crippen LogP contribution is -2.18. The topological polar surface area (TPSA) is 78.7 Å². The number of hydrogen-bond acceptors (Lipinski definition) is 4. The predicted molar refractivity (Wildman–Crippen MR) is 103 cm³/mol. The lowest BCUT2D eigenvalue weighted by Gasteiger charge is -2.22. The molecule has 0 saturated heterocycles. The van der Waals surface area contributed by atoms with Crippen molar-refractivity contribution in [1.29, 1.82) is 5.26 Å². The second-order valence-corrected chi connectivity index (χ2v) is 6.49. The Bertz CT molecular complexity index is 1020. The molecular weight excluding hydrogens is 336 g/mol. The molecule has 1 aromatic carbocycles. The summed E-state index contributed by atoms with van der Waals surface area (Å²) in [5.74, 6) is -0.0537. The van der Waals surface area contributed by atoms with E-state index in [4.69, 9.17) is 0 Å². The number of pyridine rings is 2. The summed E-state index contributed by atoms with van der Waals surface area (Å²) in [5, 5.41) is 12.7. The van der Waals surface area contributed by atoms with Crippen LogP contribution in [-0.4, -0.2) is 15.9 Å². The minimum absolute atomic E-state index is 0.294. The van der Waals surface area contributed by atoms with Crippen LogP contribution in [0.3, 0.4) is 0 Å². The Kier molecular flexibility index (Phi) is 4.63. The van der Waals surface area contributed by atoms with Gasteiger partial charge in [0.05, 0.1) is 0 Å². The second kappa shape index (κ2) is 7.38. The Morgan fingerprint density at radius 1 is 1.04 bits per heavy atom. The third-order valence-electron chi connectivity index (χ3n) is 4.78. The Labute approximate surface area is 157 Å². The lowest BCUT2D eigenvalue weighted by atomic mass is 9.86. The van der Waals surface area contributed by atoms with Crippen LogP contribution in [0.15, 0.2) is 54.7 Å². The van der Waals surface area contributed by atoms with E-state index in [0.29, 0.717) is 17.1 Å². The van der Waals surface area contributed by atoms with Gasteiger partial charge < -0.3 is 5.32 Å². The van der Waals surface area contributed by atoms with Crippen LogP contribution in [0.25, 0.3) is 11.1 Å². The van der Waals surface area contributed by atoms with E-state index >= 15 is 0 Å². The lowest BCUT2D eigenvalue weighted by molar-refractivity contribution is 0.102. The highest BCUT2D eigenvalue weighted by atomic mass is 16.1. The smallest absolute Gasteiger partial charge is 0.275 e. The summed E-state index contributed by atoms with van der Waals surface area (Å²) in [4.78, 5) is 21.3. The first-order valence-electron chi connectivity index (χ1n) is 9.01. The van der Waals surface area contributed by atoms with Crippen LogP contribution in [-0.2, 0) is 12.8 Å². The first-order chi connectivity index (χ1) is 13.3. The van der Waals surface area contributed by atoms with Gasteiger partial charge >= 0.3 is 0 Å². The van der Waals surface area contributed by atoms with Gasteiger partial charge in [-0.2, -0.15) is 5.26 Å². The molecule has 1 aliphatic rings. The SMILES string of the molecule is N#Cc1c(NC(=O)c2ccccn2)nc2c(c1-c1ccccc1)CCCC2. The van der Waals surface area contributed by atoms with Gasteiger partial charge in [0.25, 0.3) is 5.91 Å². The number of aromatic nitrogens is 2. The van der Waals surface area contributed by atoms with Crippen molar-refractivity contribution in [3.8, 4) is 17.2 Å². The fourth-order valence-corrected chi connectivity index (χ4v) is 3.53. The zero-order chi connectivity index (χ0) is 18.6. The van der Waals surface area contributed by atoms with Crippen molar-refractivity contribution in [2.45, 2.75) is 25.7 Å². The van der Waals surface area contributed by atoms with Crippen LogP contribution in [0.1, 0.15) is 40.2 Å². The molecule has 2 heterocycles. The number of nitrogens with zero attached hydrogens (tertiary/aromatic N) is 3. The number of carbonyl (C=O) groups excluding carboxylic acids is 1. The maximum Gasteiger partial charge on any atom is 0.275 e. The Hall–Kier alpha value is -3.52. The van der Waals surface area contributed by atoms with Gasteiger partial charge in [-0.15, -0.1) is 0 Å². The van der Waals surface area contributed by atoms with Gasteiger partial charge in [-0.1, -0.05) is 36.4 Å². The zero-order valence-corrected chi connectivity index (χ0v) is 14.8. The normalized spacial score (nSPS) is 12.7. The summed E-state index contributed by atoms with van der Waals surface area (Å²) in [7, 11) is 0. The molecule has 0 saturated carbocycles. The Morgan fingerprint density at radius 2 is 1.81 bits per heavy atom. The molecule has 0 unspecified atom stereocenters. The molecule has 0 radical (unpaired) electrons. The summed E-state index contributed by atoms with van der Waals surface area (Å²) in [6, 6.07) is 17.3. The van der Waals surface area contributed by atoms with Gasteiger partial charge in [0.15, 0.2) is 5.82 Å². The van der Waals surface area contributed by atoms with E-state index < -0.39 is 0 Å². The summed E-state index contributed by atoms with van der Waals surface area (Å²) in [6.45, 7) is 0. The Morgan fingerprint density at radius 3 is 2.56 bits per heavy atom. The number of aryl methyl sites for hydroxylation is 1. The largest absolute Gasteiger partial charge is 0.304 e. The number of carbonyl (C=O) groups is 1. The summed E-state index contributed by atoms with van der Waals surface area (Å²) < 4.78 is 0. The molecule has 1 aliphatic carbocycles. The van der Waals surface area contributed by atoms with E-state index in [1.165, 1.54) is 0 Å². The molecule has 0 fully saturated rings. The molecule has 1 amide bonds. The number of fused-ring (bicyclic) bond motifs is 1. The molecule has 5 heteroatoms. The highest BCUT2D eigenvalue weighted by molar-refractivity contribution is 6.03. The number of anilines is 1. The summed E-state index contributed by atoms with van der Waals surface area (Å²) in [5.41, 5.74) is 4.66. The number of rotatable bonds is 3. The van der Waals surface area contributed by atoms with E-state index in [2.05, 4.69) is 21.4 Å². The quantitative estimate of drug-likeness (QED) is 0.766. The molecule has 2 aromatic heterocycles. The average molecular weight is 354 g/mol. The van der Waals surface area contributed by atoms with Crippen molar-refractivity contribution < 1.29 is 4.79 Å². The molecule has 1 N–H and O–H groups in total. The van der Waals surface area contributed by atoms with E-state index in [1.807, 2.05) is 30.3 Å². The molecular formula is C22H18N4O. The summed E-state index contributed by atoms with van der Waals surface area (Å²) >= 11 is 0. The van der Waals surface area contributed by atoms with Crippen LogP contribution < -0.4 is 5.32 Å². The monoisotopic (exact) mass is 354 g/mol. The van der Waals surface area contributed by atoms with E-state index in [-0.39, 0.29) is 5.91 Å². The minimum Gasteiger partial charge on any atom is -0.304 e. The zero-order valence-electron chi connectivity index (χ0n) is 14.8. The molecule has 0 atom stereocenters. The molecule has 0 aliphatic heterocycles. The third kappa shape index (κ3) is 3.30. The van der Waals surface area contributed by atoms with Gasteiger partial charge in [0.1, 0.15) is 17.3 Å². The van der Waals surface area contributed by atoms with Crippen molar-refractivity contribution in [2.75, 3.05) is 5.32 Å². The highest BCUT2D eigenvalue weighted by Crippen LogP contribution is 2.36. The van der Waals surface area contributed by atoms with Gasteiger partial charge in [-0.25, -0.2) is 4.98 Å². The number of amides is 1. The Balaban J connectivity index is 1.85. The van der Waals surface area contributed by atoms with Crippen LogP contribution in [0.4, 0.5) is 5.82 Å². The maximum atomic E-state index is 12.6. The molecule has 0 bridgehead atoms. The van der Waals surface area contributed by atoms with Gasteiger partial charge in [0.2, 0.25) is 0 Å². The van der Waals surface area contributed by atoms with Gasteiger partial charge in [-0.3, -0.25) is 9.78 Å². The number of nitriles is 1. The summed E-state index contributed by atoms with van der Waals surface area (Å²) in [6.07, 6.45) is 5.46. The fourth-order valence-electron chi connectivity index (χ4n) is 3.53. The van der Waals surface area contributed by atoms with Crippen molar-refractivity contribution in [3.05, 3.63) is 77.2 Å². The van der Waals surface area contributed by atoms with E-state index in [9.17, 15) is 10.1 Å². The standard InChI is InChI=1S/C22H18N4O/c23-14-17-20(15-8-2-1-3-9-15)16-10-4-5-11-18(16)25-21(17)26-22(27)19-12-6-7-13-24-19/h1-3,6-9,12-13H,4-5,10-11H2,(H,25,26,27). The highest BCUT2D eigenvalue weighted by Gasteiger charge is 2.24. The predicted octanol–water partition coefficient (Wildman–Crippen LogP) is 4.15. The van der Waals surface area contributed by atoms with Crippen LogP contribution in [0.2, 0.25) is 0 Å². The molecule has 5 nitrogen and oxygen atoms in total. The van der Waals surface area contributed by atoms with Crippen LogP contribution in [0.5, 0.6) is 0 Å². The van der Waals surface area contributed by atoms with Gasteiger partial charge in [-0.05, 0) is 48.9 Å². The third-order valence-corrected chi connectivity index (χ3v) is 4.78.